The summed E-state index contributed by atoms with van der Waals surface area (Å²) < 4.78 is 27.8. The highest BCUT2D eigenvalue weighted by Gasteiger charge is 2.18. The smallest absolute Gasteiger partial charge is 0.263 e. The lowest BCUT2D eigenvalue weighted by Crippen LogP contribution is -2.23. The molecule has 8 nitrogen and oxygen atoms in total. The maximum absolute atomic E-state index is 12.7. The SMILES string of the molecule is CCN(CC)c1cc(Nc2ccc(NS(=O)(=O)c3ccccc3C#N)cc2)nc(C)n1. The molecule has 0 aliphatic heterocycles. The molecule has 160 valence electrons. The standard InChI is InChI=1S/C22H24N6O2S/c1-4-28(5-2)22-14-21(24-16(3)25-22)26-18-10-12-19(13-11-18)27-31(29,30)20-9-7-6-8-17(20)15-23/h6-14,27H,4-5H2,1-3H3,(H,24,25,26). The number of nitrogens with zero attached hydrogens (tertiary/aromatic N) is 4. The lowest BCUT2D eigenvalue weighted by molar-refractivity contribution is 0.601. The summed E-state index contributed by atoms with van der Waals surface area (Å²) in [5.74, 6) is 2.17. The number of sulfonamides is 1. The number of rotatable bonds is 8. The molecule has 0 fully saturated rings. The molecule has 2 aromatic carbocycles. The number of hydrogen-bond acceptors (Lipinski definition) is 7. The normalized spacial score (nSPS) is 10.9. The van der Waals surface area contributed by atoms with Crippen LogP contribution in [0.3, 0.4) is 0 Å². The van der Waals surface area contributed by atoms with Crippen molar-refractivity contribution in [3.63, 3.8) is 0 Å². The van der Waals surface area contributed by atoms with E-state index in [2.05, 4.69) is 38.8 Å². The van der Waals surface area contributed by atoms with E-state index < -0.39 is 10.0 Å². The summed E-state index contributed by atoms with van der Waals surface area (Å²) in [6, 6.07) is 16.7. The molecule has 31 heavy (non-hydrogen) atoms. The van der Waals surface area contributed by atoms with E-state index in [1.807, 2.05) is 19.1 Å². The predicted molar refractivity (Wildman–Crippen MR) is 122 cm³/mol. The molecule has 1 heterocycles. The van der Waals surface area contributed by atoms with Gasteiger partial charge in [-0.25, -0.2) is 18.4 Å². The van der Waals surface area contributed by atoms with E-state index in [1.165, 1.54) is 12.1 Å². The van der Waals surface area contributed by atoms with Crippen LogP contribution < -0.4 is 14.9 Å². The highest BCUT2D eigenvalue weighted by atomic mass is 32.2. The summed E-state index contributed by atoms with van der Waals surface area (Å²) >= 11 is 0. The molecule has 3 aromatic rings. The number of benzene rings is 2. The second-order valence-electron chi connectivity index (χ2n) is 6.75. The van der Waals surface area contributed by atoms with Crippen LogP contribution in [0, 0.1) is 18.3 Å². The molecule has 2 N–H and O–H groups in total. The molecule has 0 amide bonds. The third-order valence-electron chi connectivity index (χ3n) is 4.62. The van der Waals surface area contributed by atoms with Crippen LogP contribution in [0.1, 0.15) is 25.2 Å². The van der Waals surface area contributed by atoms with Crippen molar-refractivity contribution in [2.24, 2.45) is 0 Å². The van der Waals surface area contributed by atoms with E-state index in [1.54, 1.807) is 36.4 Å². The molecule has 9 heteroatoms. The van der Waals surface area contributed by atoms with Crippen molar-refractivity contribution in [3.8, 4) is 6.07 Å². The topological polar surface area (TPSA) is 111 Å². The predicted octanol–water partition coefficient (Wildman–Crippen LogP) is 4.05. The lowest BCUT2D eigenvalue weighted by Gasteiger charge is -2.20. The third kappa shape index (κ3) is 5.29. The van der Waals surface area contributed by atoms with Gasteiger partial charge in [0.15, 0.2) is 0 Å². The Morgan fingerprint density at radius 3 is 2.29 bits per heavy atom. The zero-order valence-electron chi connectivity index (χ0n) is 17.6. The molecule has 0 saturated heterocycles. The first kappa shape index (κ1) is 22.1. The van der Waals surface area contributed by atoms with Crippen LogP contribution in [0.4, 0.5) is 23.0 Å². The second kappa shape index (κ2) is 9.45. The zero-order valence-corrected chi connectivity index (χ0v) is 18.4. The van der Waals surface area contributed by atoms with Gasteiger partial charge in [0.05, 0.1) is 5.56 Å². The zero-order chi connectivity index (χ0) is 22.4. The summed E-state index contributed by atoms with van der Waals surface area (Å²) in [6.07, 6.45) is 0. The van der Waals surface area contributed by atoms with Crippen LogP contribution in [0.2, 0.25) is 0 Å². The fourth-order valence-corrected chi connectivity index (χ4v) is 4.32. The summed E-state index contributed by atoms with van der Waals surface area (Å²) in [5.41, 5.74) is 1.24. The van der Waals surface area contributed by atoms with Gasteiger partial charge in [0.25, 0.3) is 10.0 Å². The van der Waals surface area contributed by atoms with Gasteiger partial charge in [-0.15, -0.1) is 0 Å². The molecule has 0 aliphatic rings. The fourth-order valence-electron chi connectivity index (χ4n) is 3.10. The van der Waals surface area contributed by atoms with Crippen LogP contribution in [-0.2, 0) is 10.0 Å². The summed E-state index contributed by atoms with van der Waals surface area (Å²) in [5, 5.41) is 12.4. The number of nitrogens with one attached hydrogen (secondary N) is 2. The Hall–Kier alpha value is -3.64. The number of aryl methyl sites for hydroxylation is 1. The molecular formula is C22H24N6O2S. The molecule has 1 aromatic heterocycles. The molecule has 0 spiro atoms. The van der Waals surface area contributed by atoms with Crippen molar-refractivity contribution in [1.29, 1.82) is 5.26 Å². The number of aromatic nitrogens is 2. The van der Waals surface area contributed by atoms with Crippen molar-refractivity contribution < 1.29 is 8.42 Å². The maximum Gasteiger partial charge on any atom is 0.263 e. The van der Waals surface area contributed by atoms with E-state index in [-0.39, 0.29) is 10.5 Å². The van der Waals surface area contributed by atoms with Gasteiger partial charge in [0, 0.05) is 30.5 Å². The van der Waals surface area contributed by atoms with Gasteiger partial charge in [-0.1, -0.05) is 12.1 Å². The minimum Gasteiger partial charge on any atom is -0.357 e. The molecule has 0 atom stereocenters. The number of anilines is 4. The Balaban J connectivity index is 1.78. The summed E-state index contributed by atoms with van der Waals surface area (Å²) in [7, 11) is -3.87. The molecule has 0 unspecified atom stereocenters. The van der Waals surface area contributed by atoms with Gasteiger partial charge in [-0.05, 0) is 57.2 Å². The first-order chi connectivity index (χ1) is 14.9. The van der Waals surface area contributed by atoms with Gasteiger partial charge in [0.2, 0.25) is 0 Å². The molecular weight excluding hydrogens is 412 g/mol. The highest BCUT2D eigenvalue weighted by Crippen LogP contribution is 2.23. The van der Waals surface area contributed by atoms with Crippen molar-refractivity contribution in [1.82, 2.24) is 9.97 Å². The van der Waals surface area contributed by atoms with Crippen LogP contribution in [0.15, 0.2) is 59.5 Å². The van der Waals surface area contributed by atoms with Gasteiger partial charge >= 0.3 is 0 Å². The fraction of sp³-hybridized carbons (Fsp3) is 0.227. The molecule has 0 bridgehead atoms. The van der Waals surface area contributed by atoms with Gasteiger partial charge < -0.3 is 10.2 Å². The summed E-state index contributed by atoms with van der Waals surface area (Å²) in [4.78, 5) is 11.0. The Morgan fingerprint density at radius 2 is 1.65 bits per heavy atom. The van der Waals surface area contributed by atoms with Crippen LogP contribution in [0.25, 0.3) is 0 Å². The number of nitriles is 1. The lowest BCUT2D eigenvalue weighted by atomic mass is 10.2. The van der Waals surface area contributed by atoms with E-state index in [4.69, 9.17) is 5.26 Å². The van der Waals surface area contributed by atoms with Crippen molar-refractivity contribution in [3.05, 3.63) is 66.0 Å². The Labute approximate surface area is 182 Å². The minimum atomic E-state index is -3.87. The average Bonchev–Trinajstić information content (AvgIpc) is 2.75. The van der Waals surface area contributed by atoms with Crippen molar-refractivity contribution in [2.45, 2.75) is 25.7 Å². The van der Waals surface area contributed by atoms with E-state index in [9.17, 15) is 8.42 Å². The number of hydrogen-bond donors (Lipinski definition) is 2. The van der Waals surface area contributed by atoms with E-state index in [0.717, 1.165) is 24.6 Å². The first-order valence-electron chi connectivity index (χ1n) is 9.86. The first-order valence-corrected chi connectivity index (χ1v) is 11.3. The van der Waals surface area contributed by atoms with Gasteiger partial charge in [0.1, 0.15) is 28.4 Å². The van der Waals surface area contributed by atoms with E-state index in [0.29, 0.717) is 17.3 Å². The average molecular weight is 437 g/mol. The van der Waals surface area contributed by atoms with Crippen molar-refractivity contribution in [2.75, 3.05) is 28.0 Å². The van der Waals surface area contributed by atoms with Crippen molar-refractivity contribution >= 4 is 33.0 Å². The monoisotopic (exact) mass is 436 g/mol. The van der Waals surface area contributed by atoms with E-state index >= 15 is 0 Å². The minimum absolute atomic E-state index is 0.0555. The van der Waals surface area contributed by atoms with Crippen LogP contribution in [-0.4, -0.2) is 31.5 Å². The molecule has 0 saturated carbocycles. The van der Waals surface area contributed by atoms with Crippen LogP contribution in [0.5, 0.6) is 0 Å². The quantitative estimate of drug-likeness (QED) is 0.548. The van der Waals surface area contributed by atoms with Crippen LogP contribution >= 0.6 is 0 Å². The Morgan fingerprint density at radius 1 is 1.00 bits per heavy atom. The third-order valence-corrected chi connectivity index (χ3v) is 6.06. The molecule has 0 radical (unpaired) electrons. The Bertz CT molecular complexity index is 1200. The Kier molecular flexibility index (Phi) is 6.72. The van der Waals surface area contributed by atoms with Gasteiger partial charge in [-0.3, -0.25) is 4.72 Å². The maximum atomic E-state index is 12.7. The van der Waals surface area contributed by atoms with Gasteiger partial charge in [-0.2, -0.15) is 5.26 Å². The largest absolute Gasteiger partial charge is 0.357 e. The summed E-state index contributed by atoms with van der Waals surface area (Å²) in [6.45, 7) is 7.67. The highest BCUT2D eigenvalue weighted by molar-refractivity contribution is 7.92. The second-order valence-corrected chi connectivity index (χ2v) is 8.40. The molecule has 0 aliphatic carbocycles. The molecule has 3 rings (SSSR count).